The molecule has 0 N–H and O–H groups in total. The molecule has 44 heavy (non-hydrogen) atoms. The highest BCUT2D eigenvalue weighted by molar-refractivity contribution is 7.61. The van der Waals surface area contributed by atoms with E-state index in [4.69, 9.17) is 0 Å². The van der Waals surface area contributed by atoms with Crippen molar-refractivity contribution in [2.24, 2.45) is 0 Å². The van der Waals surface area contributed by atoms with Crippen LogP contribution in [0.25, 0.3) is 0 Å². The Morgan fingerprint density at radius 2 is 0.568 bits per heavy atom. The summed E-state index contributed by atoms with van der Waals surface area (Å²) in [6.07, 6.45) is 28.3. The topological polar surface area (TPSA) is 0 Å². The fourth-order valence-corrected chi connectivity index (χ4v) is 15.5. The highest BCUT2D eigenvalue weighted by Gasteiger charge is 2.34. The molecular formula is C42H80P2. The van der Waals surface area contributed by atoms with Crippen LogP contribution in [0.5, 0.6) is 0 Å². The summed E-state index contributed by atoms with van der Waals surface area (Å²) in [4.78, 5) is 0. The SMILES string of the molecule is CC(C)(C)P(CCCCCCCCCCc1ccccc1CCCCCCCCCCP(C(C)(C)C)C(C)(C)C)C(C)(C)C. The minimum Gasteiger partial charge on any atom is -0.0956 e. The van der Waals surface area contributed by atoms with Crippen LogP contribution in [0.15, 0.2) is 24.3 Å². The number of hydrogen-bond donors (Lipinski definition) is 0. The Morgan fingerprint density at radius 3 is 0.818 bits per heavy atom. The fraction of sp³-hybridized carbons (Fsp3) is 0.857. The highest BCUT2D eigenvalue weighted by Crippen LogP contribution is 2.60. The van der Waals surface area contributed by atoms with E-state index >= 15 is 0 Å². The molecule has 0 bridgehead atoms. The van der Waals surface area contributed by atoms with Gasteiger partial charge in [0.05, 0.1) is 0 Å². The summed E-state index contributed by atoms with van der Waals surface area (Å²) in [6, 6.07) is 9.34. The van der Waals surface area contributed by atoms with E-state index in [0.29, 0.717) is 20.6 Å². The predicted octanol–water partition coefficient (Wildman–Crippen LogP) is 15.2. The van der Waals surface area contributed by atoms with E-state index in [-0.39, 0.29) is 15.8 Å². The molecule has 0 atom stereocenters. The van der Waals surface area contributed by atoms with E-state index in [1.54, 1.807) is 11.1 Å². The average Bonchev–Trinajstić information content (AvgIpc) is 2.88. The van der Waals surface area contributed by atoms with Gasteiger partial charge in [0.2, 0.25) is 0 Å². The number of unbranched alkanes of at least 4 members (excludes halogenated alkanes) is 14. The zero-order valence-electron chi connectivity index (χ0n) is 32.3. The molecule has 258 valence electrons. The second-order valence-electron chi connectivity index (χ2n) is 17.9. The lowest BCUT2D eigenvalue weighted by Crippen LogP contribution is -2.26. The molecule has 1 rings (SSSR count). The fourth-order valence-electron chi connectivity index (χ4n) is 7.69. The molecule has 1 aromatic rings. The van der Waals surface area contributed by atoms with Crippen LogP contribution in [-0.4, -0.2) is 32.9 Å². The van der Waals surface area contributed by atoms with Gasteiger partial charge in [-0.15, -0.1) is 0 Å². The molecule has 0 aliphatic heterocycles. The van der Waals surface area contributed by atoms with Gasteiger partial charge in [-0.2, -0.15) is 0 Å². The lowest BCUT2D eigenvalue weighted by Gasteiger charge is -2.41. The summed E-state index contributed by atoms with van der Waals surface area (Å²) in [7, 11) is 0.165. The maximum atomic E-state index is 2.46. The van der Waals surface area contributed by atoms with E-state index in [1.807, 2.05) is 0 Å². The summed E-state index contributed by atoms with van der Waals surface area (Å²) in [5.41, 5.74) is 3.26. The Balaban J connectivity index is 2.12. The van der Waals surface area contributed by atoms with Gasteiger partial charge in [-0.25, -0.2) is 0 Å². The first-order chi connectivity index (χ1) is 20.4. The molecule has 0 heterocycles. The third-order valence-electron chi connectivity index (χ3n) is 9.51. The minimum atomic E-state index is 0.0823. The Morgan fingerprint density at radius 1 is 0.341 bits per heavy atom. The molecular weight excluding hydrogens is 566 g/mol. The predicted molar refractivity (Wildman–Crippen MR) is 210 cm³/mol. The summed E-state index contributed by atoms with van der Waals surface area (Å²) >= 11 is 0. The standard InChI is InChI=1S/C42H80P2/c1-39(2,3)43(40(4,5)6)35-29-23-19-15-13-17-21-25-31-37-33-27-28-34-38(37)32-26-22-18-14-16-20-24-30-36-44(41(7,8)9)42(10,11)12/h27-28,33-34H,13-26,29-32,35-36H2,1-12H3. The Labute approximate surface area is 282 Å². The van der Waals surface area contributed by atoms with Crippen molar-refractivity contribution >= 4 is 15.8 Å². The summed E-state index contributed by atoms with van der Waals surface area (Å²) in [5.74, 6) is 0. The highest BCUT2D eigenvalue weighted by atomic mass is 31.1. The van der Waals surface area contributed by atoms with Crippen molar-refractivity contribution in [1.29, 1.82) is 0 Å². The third kappa shape index (κ3) is 19.0. The molecule has 0 fully saturated rings. The number of benzene rings is 1. The van der Waals surface area contributed by atoms with E-state index < -0.39 is 0 Å². The quantitative estimate of drug-likeness (QED) is 0.0868. The van der Waals surface area contributed by atoms with Gasteiger partial charge in [0.15, 0.2) is 0 Å². The van der Waals surface area contributed by atoms with Crippen LogP contribution < -0.4 is 0 Å². The van der Waals surface area contributed by atoms with Gasteiger partial charge in [-0.05, 0) is 82.6 Å². The van der Waals surface area contributed by atoms with Crippen molar-refractivity contribution in [3.05, 3.63) is 35.4 Å². The van der Waals surface area contributed by atoms with E-state index in [9.17, 15) is 0 Å². The molecule has 1 aromatic carbocycles. The first-order valence-corrected chi connectivity index (χ1v) is 22.1. The largest absolute Gasteiger partial charge is 0.0956 e. The third-order valence-corrected chi connectivity index (χ3v) is 17.5. The zero-order valence-corrected chi connectivity index (χ0v) is 34.1. The molecule has 0 aromatic heterocycles. The van der Waals surface area contributed by atoms with Gasteiger partial charge in [0, 0.05) is 0 Å². The molecule has 0 aliphatic carbocycles. The van der Waals surface area contributed by atoms with Crippen LogP contribution in [0.1, 0.15) is 197 Å². The second-order valence-corrected chi connectivity index (χ2v) is 25.9. The van der Waals surface area contributed by atoms with Crippen LogP contribution in [-0.2, 0) is 12.8 Å². The minimum absolute atomic E-state index is 0.0823. The van der Waals surface area contributed by atoms with Crippen molar-refractivity contribution in [2.75, 3.05) is 12.3 Å². The summed E-state index contributed by atoms with van der Waals surface area (Å²) in [6.45, 7) is 29.5. The van der Waals surface area contributed by atoms with E-state index in [0.717, 1.165) is 0 Å². The van der Waals surface area contributed by atoms with Gasteiger partial charge in [0.25, 0.3) is 0 Å². The van der Waals surface area contributed by atoms with Gasteiger partial charge < -0.3 is 0 Å². The van der Waals surface area contributed by atoms with Gasteiger partial charge in [-0.3, -0.25) is 0 Å². The molecule has 0 aliphatic rings. The van der Waals surface area contributed by atoms with E-state index in [2.05, 4.69) is 107 Å². The molecule has 0 amide bonds. The van der Waals surface area contributed by atoms with E-state index in [1.165, 1.54) is 128 Å². The molecule has 0 saturated heterocycles. The van der Waals surface area contributed by atoms with Crippen LogP contribution in [0.4, 0.5) is 0 Å². The van der Waals surface area contributed by atoms with Crippen LogP contribution in [0.2, 0.25) is 0 Å². The number of hydrogen-bond acceptors (Lipinski definition) is 0. The molecule has 0 unspecified atom stereocenters. The first kappa shape index (κ1) is 42.1. The van der Waals surface area contributed by atoms with Crippen molar-refractivity contribution in [3.8, 4) is 0 Å². The second kappa shape index (κ2) is 21.1. The summed E-state index contributed by atoms with van der Waals surface area (Å²) in [5, 5.41) is 1.92. The molecule has 0 spiro atoms. The average molecular weight is 647 g/mol. The van der Waals surface area contributed by atoms with Crippen molar-refractivity contribution < 1.29 is 0 Å². The maximum absolute atomic E-state index is 2.46. The Hall–Kier alpha value is 0.0800. The molecule has 0 nitrogen and oxygen atoms in total. The Bertz CT molecular complexity index is 743. The maximum Gasteiger partial charge on any atom is -0.0175 e. The van der Waals surface area contributed by atoms with Crippen LogP contribution >= 0.6 is 15.8 Å². The van der Waals surface area contributed by atoms with Gasteiger partial charge in [0.1, 0.15) is 0 Å². The molecule has 2 heteroatoms. The molecule has 0 radical (unpaired) electrons. The van der Waals surface area contributed by atoms with Crippen LogP contribution in [0, 0.1) is 0 Å². The lowest BCUT2D eigenvalue weighted by molar-refractivity contribution is 0.570. The first-order valence-electron chi connectivity index (χ1n) is 19.1. The van der Waals surface area contributed by atoms with Gasteiger partial charge in [-0.1, -0.05) is 200 Å². The smallest absolute Gasteiger partial charge is 0.0175 e. The monoisotopic (exact) mass is 647 g/mol. The van der Waals surface area contributed by atoms with Crippen molar-refractivity contribution in [1.82, 2.24) is 0 Å². The van der Waals surface area contributed by atoms with Crippen LogP contribution in [0.3, 0.4) is 0 Å². The Kier molecular flexibility index (Phi) is 20.2. The number of aryl methyl sites for hydroxylation is 2. The van der Waals surface area contributed by atoms with Gasteiger partial charge >= 0.3 is 0 Å². The zero-order chi connectivity index (χ0) is 33.3. The summed E-state index contributed by atoms with van der Waals surface area (Å²) < 4.78 is 0. The van der Waals surface area contributed by atoms with Crippen molar-refractivity contribution in [2.45, 2.75) is 219 Å². The number of rotatable bonds is 22. The normalized spacial score (nSPS) is 13.4. The molecule has 0 saturated carbocycles. The lowest BCUT2D eigenvalue weighted by atomic mass is 9.96. The van der Waals surface area contributed by atoms with Crippen molar-refractivity contribution in [3.63, 3.8) is 0 Å².